The van der Waals surface area contributed by atoms with Crippen molar-refractivity contribution < 1.29 is 14.5 Å². The van der Waals surface area contributed by atoms with Crippen molar-refractivity contribution in [2.75, 3.05) is 0 Å². The zero-order valence-corrected chi connectivity index (χ0v) is 14.2. The van der Waals surface area contributed by atoms with Gasteiger partial charge in [0.1, 0.15) is 0 Å². The summed E-state index contributed by atoms with van der Waals surface area (Å²) in [7, 11) is 0. The van der Waals surface area contributed by atoms with Gasteiger partial charge >= 0.3 is 5.97 Å². The summed E-state index contributed by atoms with van der Waals surface area (Å²) in [6.45, 7) is 3.94. The molecule has 0 saturated heterocycles. The first-order valence-corrected chi connectivity index (χ1v) is 7.89. The number of benzene rings is 2. The zero-order valence-electron chi connectivity index (χ0n) is 13.5. The minimum atomic E-state index is -0.723. The topological polar surface area (TPSA) is 87.3 Å². The van der Waals surface area contributed by atoms with Crippen molar-refractivity contribution in [2.24, 2.45) is 0 Å². The molecule has 0 saturated carbocycles. The number of nitrogens with zero attached hydrogens (tertiary/aromatic N) is 3. The third kappa shape index (κ3) is 3.18. The Morgan fingerprint density at radius 2 is 2.00 bits per heavy atom. The molecule has 0 amide bonds. The highest BCUT2D eigenvalue weighted by atomic mass is 35.5. The number of para-hydroxylation sites is 1. The van der Waals surface area contributed by atoms with Crippen LogP contribution in [0.15, 0.2) is 42.5 Å². The fraction of sp³-hybridized carbons (Fsp3) is 0.176. The third-order valence-electron chi connectivity index (χ3n) is 3.64. The van der Waals surface area contributed by atoms with Crippen LogP contribution in [0.3, 0.4) is 0 Å². The molecule has 0 N–H and O–H groups in total. The smallest absolute Gasteiger partial charge is 0.346 e. The van der Waals surface area contributed by atoms with Crippen molar-refractivity contribution in [3.05, 3.63) is 63.2 Å². The number of esters is 1. The molecular formula is C17H14ClN3O4. The highest BCUT2D eigenvalue weighted by Gasteiger charge is 2.20. The Balaban J connectivity index is 1.96. The molecule has 1 heterocycles. The number of nitro groups is 1. The van der Waals surface area contributed by atoms with Crippen LogP contribution in [0.2, 0.25) is 5.02 Å². The molecular weight excluding hydrogens is 346 g/mol. The van der Waals surface area contributed by atoms with Gasteiger partial charge in [-0.15, -0.1) is 5.10 Å². The quantitative estimate of drug-likeness (QED) is 0.391. The summed E-state index contributed by atoms with van der Waals surface area (Å²) < 4.78 is 7.16. The van der Waals surface area contributed by atoms with E-state index in [4.69, 9.17) is 16.3 Å². The molecule has 3 aromatic rings. The van der Waals surface area contributed by atoms with Crippen LogP contribution in [0.5, 0.6) is 5.88 Å². The van der Waals surface area contributed by atoms with E-state index in [9.17, 15) is 14.9 Å². The van der Waals surface area contributed by atoms with Crippen LogP contribution < -0.4 is 4.74 Å². The molecule has 0 aliphatic rings. The summed E-state index contributed by atoms with van der Waals surface area (Å²) >= 11 is 5.98. The van der Waals surface area contributed by atoms with Gasteiger partial charge in [0, 0.05) is 18.2 Å². The van der Waals surface area contributed by atoms with Gasteiger partial charge < -0.3 is 4.74 Å². The zero-order chi connectivity index (χ0) is 18.1. The number of non-ortho nitro benzene ring substituents is 1. The van der Waals surface area contributed by atoms with Gasteiger partial charge in [-0.25, -0.2) is 4.79 Å². The largest absolute Gasteiger partial charge is 0.401 e. The van der Waals surface area contributed by atoms with E-state index in [2.05, 4.69) is 5.10 Å². The molecule has 8 heteroatoms. The standard InChI is InChI=1S/C17H14ClN3O4/c1-10(2)20-15-6-4-3-5-13(15)16(19-20)25-17(22)12-8-7-11(21(23)24)9-14(12)18/h3-10H,1-2H3. The lowest BCUT2D eigenvalue weighted by Gasteiger charge is -2.06. The van der Waals surface area contributed by atoms with Crippen LogP contribution in [-0.4, -0.2) is 20.7 Å². The number of carbonyl (C=O) groups excluding carboxylic acids is 1. The van der Waals surface area contributed by atoms with Crippen LogP contribution in [0.4, 0.5) is 5.69 Å². The lowest BCUT2D eigenvalue weighted by atomic mass is 10.2. The van der Waals surface area contributed by atoms with E-state index in [1.165, 1.54) is 12.1 Å². The van der Waals surface area contributed by atoms with Gasteiger partial charge in [0.15, 0.2) is 0 Å². The fourth-order valence-electron chi connectivity index (χ4n) is 2.45. The molecule has 0 fully saturated rings. The molecule has 0 bridgehead atoms. The van der Waals surface area contributed by atoms with E-state index in [1.807, 2.05) is 32.0 Å². The van der Waals surface area contributed by atoms with E-state index in [0.29, 0.717) is 5.39 Å². The first-order valence-electron chi connectivity index (χ1n) is 7.52. The number of fused-ring (bicyclic) bond motifs is 1. The molecule has 0 aliphatic carbocycles. The highest BCUT2D eigenvalue weighted by molar-refractivity contribution is 6.33. The van der Waals surface area contributed by atoms with Gasteiger partial charge in [0.05, 0.1) is 26.4 Å². The summed E-state index contributed by atoms with van der Waals surface area (Å²) in [6, 6.07) is 11.1. The molecule has 0 aliphatic heterocycles. The Kier molecular flexibility index (Phi) is 4.41. The number of hydrogen-bond acceptors (Lipinski definition) is 5. The van der Waals surface area contributed by atoms with Crippen molar-refractivity contribution in [3.8, 4) is 5.88 Å². The number of aromatic nitrogens is 2. The normalized spacial score (nSPS) is 11.0. The van der Waals surface area contributed by atoms with Gasteiger partial charge in [-0.1, -0.05) is 23.7 Å². The first kappa shape index (κ1) is 16.9. The maximum absolute atomic E-state index is 12.4. The molecule has 2 aromatic carbocycles. The predicted molar refractivity (Wildman–Crippen MR) is 93.2 cm³/mol. The molecule has 25 heavy (non-hydrogen) atoms. The second-order valence-corrected chi connectivity index (χ2v) is 6.08. The Morgan fingerprint density at radius 3 is 2.64 bits per heavy atom. The van der Waals surface area contributed by atoms with Crippen LogP contribution in [0.1, 0.15) is 30.2 Å². The summed E-state index contributed by atoms with van der Waals surface area (Å²) in [5.41, 5.74) is 0.682. The molecule has 128 valence electrons. The number of ether oxygens (including phenoxy) is 1. The van der Waals surface area contributed by atoms with Crippen molar-refractivity contribution >= 4 is 34.2 Å². The average Bonchev–Trinajstić information content (AvgIpc) is 2.93. The molecule has 3 rings (SSSR count). The van der Waals surface area contributed by atoms with Crippen LogP contribution >= 0.6 is 11.6 Å². The number of nitro benzene ring substituents is 1. The number of carbonyl (C=O) groups is 1. The maximum Gasteiger partial charge on any atom is 0.346 e. The van der Waals surface area contributed by atoms with Crippen molar-refractivity contribution in [2.45, 2.75) is 19.9 Å². The summed E-state index contributed by atoms with van der Waals surface area (Å²) in [5, 5.41) is 15.8. The second kappa shape index (κ2) is 6.52. The van der Waals surface area contributed by atoms with E-state index in [0.717, 1.165) is 11.6 Å². The molecule has 0 radical (unpaired) electrons. The number of rotatable bonds is 4. The minimum absolute atomic E-state index is 0.0374. The monoisotopic (exact) mass is 359 g/mol. The third-order valence-corrected chi connectivity index (χ3v) is 3.95. The van der Waals surface area contributed by atoms with Gasteiger partial charge in [-0.2, -0.15) is 0 Å². The Bertz CT molecular complexity index is 981. The SMILES string of the molecule is CC(C)n1nc(OC(=O)c2ccc([N+](=O)[O-])cc2Cl)c2ccccc21. The second-order valence-electron chi connectivity index (χ2n) is 5.67. The van der Waals surface area contributed by atoms with Crippen LogP contribution in [0, 0.1) is 10.1 Å². The van der Waals surface area contributed by atoms with Gasteiger partial charge in [-0.05, 0) is 32.0 Å². The maximum atomic E-state index is 12.4. The van der Waals surface area contributed by atoms with Gasteiger partial charge in [0.25, 0.3) is 5.69 Å². The minimum Gasteiger partial charge on any atom is -0.401 e. The molecule has 0 spiro atoms. The fourth-order valence-corrected chi connectivity index (χ4v) is 2.71. The number of halogens is 1. The highest BCUT2D eigenvalue weighted by Crippen LogP contribution is 2.29. The summed E-state index contributed by atoms with van der Waals surface area (Å²) in [5.74, 6) is -0.553. The Hall–Kier alpha value is -2.93. The van der Waals surface area contributed by atoms with Crippen molar-refractivity contribution in [1.29, 1.82) is 0 Å². The lowest BCUT2D eigenvalue weighted by Crippen LogP contribution is -2.10. The summed E-state index contributed by atoms with van der Waals surface area (Å²) in [4.78, 5) is 22.6. The van der Waals surface area contributed by atoms with Gasteiger partial charge in [0.2, 0.25) is 5.88 Å². The van der Waals surface area contributed by atoms with E-state index in [1.54, 1.807) is 10.7 Å². The van der Waals surface area contributed by atoms with E-state index in [-0.39, 0.29) is 28.2 Å². The summed E-state index contributed by atoms with van der Waals surface area (Å²) in [6.07, 6.45) is 0. The van der Waals surface area contributed by atoms with E-state index < -0.39 is 10.9 Å². The Morgan fingerprint density at radius 1 is 1.28 bits per heavy atom. The van der Waals surface area contributed by atoms with Gasteiger partial charge in [-0.3, -0.25) is 14.8 Å². The predicted octanol–water partition coefficient (Wildman–Crippen LogP) is 4.40. The van der Waals surface area contributed by atoms with Crippen LogP contribution in [-0.2, 0) is 0 Å². The van der Waals surface area contributed by atoms with Crippen LogP contribution in [0.25, 0.3) is 10.9 Å². The lowest BCUT2D eigenvalue weighted by molar-refractivity contribution is -0.384. The van der Waals surface area contributed by atoms with E-state index >= 15 is 0 Å². The Labute approximate surface area is 147 Å². The molecule has 1 aromatic heterocycles. The van der Waals surface area contributed by atoms with Crippen molar-refractivity contribution in [1.82, 2.24) is 9.78 Å². The molecule has 7 nitrogen and oxygen atoms in total. The molecule has 0 atom stereocenters. The average molecular weight is 360 g/mol. The first-order chi connectivity index (χ1) is 11.9. The van der Waals surface area contributed by atoms with Crippen molar-refractivity contribution in [3.63, 3.8) is 0 Å². The number of hydrogen-bond donors (Lipinski definition) is 0. The molecule has 0 unspecified atom stereocenters.